The third kappa shape index (κ3) is 1.87. The first-order valence-corrected chi connectivity index (χ1v) is 5.27. The van der Waals surface area contributed by atoms with Crippen molar-refractivity contribution in [2.45, 2.75) is 41.0 Å². The van der Waals surface area contributed by atoms with Crippen LogP contribution in [0.2, 0.25) is 0 Å². The van der Waals surface area contributed by atoms with Gasteiger partial charge in [-0.25, -0.2) is 0 Å². The molecule has 74 valence electrons. The lowest BCUT2D eigenvalue weighted by Gasteiger charge is -2.35. The van der Waals surface area contributed by atoms with Crippen LogP contribution in [0.3, 0.4) is 0 Å². The fourth-order valence-electron chi connectivity index (χ4n) is 2.44. The van der Waals surface area contributed by atoms with E-state index in [0.29, 0.717) is 11.8 Å². The predicted octanol–water partition coefficient (Wildman–Crippen LogP) is 4.19. The normalized spacial score (nSPS) is 35.0. The van der Waals surface area contributed by atoms with Crippen molar-refractivity contribution in [1.29, 1.82) is 0 Å². The highest BCUT2D eigenvalue weighted by Gasteiger charge is 2.28. The van der Waals surface area contributed by atoms with Gasteiger partial charge < -0.3 is 0 Å². The Morgan fingerprint density at radius 3 is 2.23 bits per heavy atom. The predicted molar refractivity (Wildman–Crippen MR) is 59.6 cm³/mol. The van der Waals surface area contributed by atoms with Gasteiger partial charge >= 0.3 is 0 Å². The molecule has 0 amide bonds. The van der Waals surface area contributed by atoms with Gasteiger partial charge in [-0.3, -0.25) is 0 Å². The molecule has 0 radical (unpaired) electrons. The summed E-state index contributed by atoms with van der Waals surface area (Å²) in [4.78, 5) is 0. The first-order chi connectivity index (χ1) is 5.95. The summed E-state index contributed by atoms with van der Waals surface area (Å²) >= 11 is 0. The van der Waals surface area contributed by atoms with Gasteiger partial charge in [-0.2, -0.15) is 0 Å². The van der Waals surface area contributed by atoms with Gasteiger partial charge in [0.25, 0.3) is 0 Å². The number of hydrogen-bond donors (Lipinski definition) is 0. The van der Waals surface area contributed by atoms with E-state index in [1.807, 2.05) is 0 Å². The SMILES string of the molecule is C=C(C)C1CC(C)C(C)=C(C)C1C. The lowest BCUT2D eigenvalue weighted by molar-refractivity contribution is 0.352. The molecule has 1 rings (SSSR count). The van der Waals surface area contributed by atoms with Crippen LogP contribution in [0.5, 0.6) is 0 Å². The Labute approximate surface area is 82.7 Å². The topological polar surface area (TPSA) is 0 Å². The molecule has 0 aromatic heterocycles. The second-order valence-electron chi connectivity index (χ2n) is 4.74. The van der Waals surface area contributed by atoms with Crippen LogP contribution in [0.15, 0.2) is 23.3 Å². The van der Waals surface area contributed by atoms with E-state index in [2.05, 4.69) is 41.2 Å². The molecule has 0 N–H and O–H groups in total. The summed E-state index contributed by atoms with van der Waals surface area (Å²) < 4.78 is 0. The van der Waals surface area contributed by atoms with Crippen molar-refractivity contribution < 1.29 is 0 Å². The Kier molecular flexibility index (Phi) is 3.00. The largest absolute Gasteiger partial charge is 0.0998 e. The van der Waals surface area contributed by atoms with Crippen LogP contribution < -0.4 is 0 Å². The quantitative estimate of drug-likeness (QED) is 0.528. The van der Waals surface area contributed by atoms with Crippen LogP contribution >= 0.6 is 0 Å². The highest BCUT2D eigenvalue weighted by Crippen LogP contribution is 2.40. The fourth-order valence-corrected chi connectivity index (χ4v) is 2.44. The Hall–Kier alpha value is -0.520. The van der Waals surface area contributed by atoms with Crippen molar-refractivity contribution in [3.63, 3.8) is 0 Å². The van der Waals surface area contributed by atoms with Crippen molar-refractivity contribution in [1.82, 2.24) is 0 Å². The second kappa shape index (κ2) is 3.69. The molecule has 0 aromatic rings. The monoisotopic (exact) mass is 178 g/mol. The molecule has 0 nitrogen and oxygen atoms in total. The summed E-state index contributed by atoms with van der Waals surface area (Å²) in [7, 11) is 0. The third-order valence-corrected chi connectivity index (χ3v) is 3.89. The zero-order valence-corrected chi connectivity index (χ0v) is 9.65. The summed E-state index contributed by atoms with van der Waals surface area (Å²) in [6.07, 6.45) is 1.29. The molecule has 13 heavy (non-hydrogen) atoms. The van der Waals surface area contributed by atoms with Crippen LogP contribution in [0.1, 0.15) is 41.0 Å². The molecule has 0 heterocycles. The summed E-state index contributed by atoms with van der Waals surface area (Å²) in [6.45, 7) is 15.5. The standard InChI is InChI=1S/C13H22/c1-8(2)13-7-9(3)10(4)11(5)12(13)6/h9,12-13H,1,7H2,2-6H3. The lowest BCUT2D eigenvalue weighted by Crippen LogP contribution is -2.24. The zero-order chi connectivity index (χ0) is 10.2. The maximum atomic E-state index is 4.10. The summed E-state index contributed by atoms with van der Waals surface area (Å²) in [5, 5.41) is 0. The van der Waals surface area contributed by atoms with Crippen molar-refractivity contribution in [2.24, 2.45) is 17.8 Å². The maximum Gasteiger partial charge on any atom is -0.0140 e. The van der Waals surface area contributed by atoms with E-state index in [1.54, 1.807) is 11.1 Å². The fraction of sp³-hybridized carbons (Fsp3) is 0.692. The van der Waals surface area contributed by atoms with E-state index in [9.17, 15) is 0 Å². The number of hydrogen-bond acceptors (Lipinski definition) is 0. The van der Waals surface area contributed by atoms with Crippen LogP contribution in [0.25, 0.3) is 0 Å². The highest BCUT2D eigenvalue weighted by atomic mass is 14.3. The van der Waals surface area contributed by atoms with E-state index in [0.717, 1.165) is 5.92 Å². The molecule has 0 aromatic carbocycles. The first kappa shape index (κ1) is 10.6. The molecule has 0 heteroatoms. The number of allylic oxidation sites excluding steroid dienone is 3. The van der Waals surface area contributed by atoms with Crippen molar-refractivity contribution in [3.05, 3.63) is 23.3 Å². The van der Waals surface area contributed by atoms with E-state index >= 15 is 0 Å². The Morgan fingerprint density at radius 2 is 1.77 bits per heavy atom. The average Bonchev–Trinajstić information content (AvgIpc) is 2.07. The van der Waals surface area contributed by atoms with Crippen LogP contribution in [0, 0.1) is 17.8 Å². The first-order valence-electron chi connectivity index (χ1n) is 5.27. The van der Waals surface area contributed by atoms with Crippen molar-refractivity contribution in [2.75, 3.05) is 0 Å². The molecule has 1 aliphatic carbocycles. The van der Waals surface area contributed by atoms with E-state index < -0.39 is 0 Å². The van der Waals surface area contributed by atoms with Crippen LogP contribution in [-0.2, 0) is 0 Å². The molecule has 0 spiro atoms. The smallest absolute Gasteiger partial charge is 0.0140 e. The Morgan fingerprint density at radius 1 is 1.23 bits per heavy atom. The van der Waals surface area contributed by atoms with E-state index in [1.165, 1.54) is 12.0 Å². The molecule has 3 atom stereocenters. The minimum atomic E-state index is 0.702. The molecule has 3 unspecified atom stereocenters. The minimum absolute atomic E-state index is 0.702. The second-order valence-corrected chi connectivity index (χ2v) is 4.74. The van der Waals surface area contributed by atoms with Crippen molar-refractivity contribution in [3.8, 4) is 0 Å². The molecule has 0 fully saturated rings. The maximum absolute atomic E-state index is 4.10. The van der Waals surface area contributed by atoms with Gasteiger partial charge in [0, 0.05) is 0 Å². The lowest BCUT2D eigenvalue weighted by atomic mass is 9.70. The molecule has 0 saturated carbocycles. The van der Waals surface area contributed by atoms with Gasteiger partial charge in [-0.15, -0.1) is 0 Å². The van der Waals surface area contributed by atoms with E-state index in [-0.39, 0.29) is 0 Å². The summed E-state index contributed by atoms with van der Waals surface area (Å²) in [6, 6.07) is 0. The molecule has 0 aliphatic heterocycles. The van der Waals surface area contributed by atoms with Gasteiger partial charge in [-0.05, 0) is 44.9 Å². The van der Waals surface area contributed by atoms with Crippen LogP contribution in [-0.4, -0.2) is 0 Å². The van der Waals surface area contributed by atoms with Gasteiger partial charge in [0.2, 0.25) is 0 Å². The third-order valence-electron chi connectivity index (χ3n) is 3.89. The molecular formula is C13H22. The minimum Gasteiger partial charge on any atom is -0.0998 e. The van der Waals surface area contributed by atoms with Gasteiger partial charge in [0.15, 0.2) is 0 Å². The molecule has 1 aliphatic rings. The van der Waals surface area contributed by atoms with Gasteiger partial charge in [-0.1, -0.05) is 37.1 Å². The van der Waals surface area contributed by atoms with Gasteiger partial charge in [0.1, 0.15) is 0 Å². The van der Waals surface area contributed by atoms with E-state index in [4.69, 9.17) is 0 Å². The molecule has 0 saturated heterocycles. The zero-order valence-electron chi connectivity index (χ0n) is 9.65. The molecule has 0 bridgehead atoms. The highest BCUT2D eigenvalue weighted by molar-refractivity contribution is 5.23. The summed E-state index contributed by atoms with van der Waals surface area (Å²) in [5.74, 6) is 2.16. The van der Waals surface area contributed by atoms with Crippen LogP contribution in [0.4, 0.5) is 0 Å². The van der Waals surface area contributed by atoms with Crippen molar-refractivity contribution >= 4 is 0 Å². The average molecular weight is 178 g/mol. The number of rotatable bonds is 1. The molecular weight excluding hydrogens is 156 g/mol. The van der Waals surface area contributed by atoms with Gasteiger partial charge in [0.05, 0.1) is 0 Å². The summed E-state index contributed by atoms with van der Waals surface area (Å²) in [5.41, 5.74) is 4.54. The Bertz CT molecular complexity index is 245. The Balaban J connectivity index is 2.95.